The first kappa shape index (κ1) is 39.6. The van der Waals surface area contributed by atoms with Gasteiger partial charge < -0.3 is 20.6 Å². The molecule has 0 aliphatic carbocycles. The normalized spacial score (nSPS) is 14.4. The SMILES string of the molecule is CCCCCCCC=CC=CCCC=CC(O)C(CO)NC(=O)C(O)CCCCCCCCCCCCCCCC. The maximum Gasteiger partial charge on any atom is 0.249 e. The Morgan fingerprint density at radius 3 is 1.56 bits per heavy atom. The van der Waals surface area contributed by atoms with Crippen molar-refractivity contribution in [1.29, 1.82) is 0 Å². The maximum atomic E-state index is 12.3. The Morgan fingerprint density at radius 1 is 0.610 bits per heavy atom. The van der Waals surface area contributed by atoms with Gasteiger partial charge in [0.05, 0.1) is 18.8 Å². The van der Waals surface area contributed by atoms with Gasteiger partial charge in [-0.15, -0.1) is 0 Å². The second kappa shape index (κ2) is 31.5. The largest absolute Gasteiger partial charge is 0.394 e. The van der Waals surface area contributed by atoms with Crippen molar-refractivity contribution < 1.29 is 20.1 Å². The van der Waals surface area contributed by atoms with Crippen molar-refractivity contribution in [3.8, 4) is 0 Å². The lowest BCUT2D eigenvalue weighted by Crippen LogP contribution is -2.48. The van der Waals surface area contributed by atoms with Gasteiger partial charge in [-0.2, -0.15) is 0 Å². The van der Waals surface area contributed by atoms with Crippen LogP contribution in [0.2, 0.25) is 0 Å². The molecule has 5 heteroatoms. The Labute approximate surface area is 254 Å². The first-order valence-corrected chi connectivity index (χ1v) is 17.3. The molecule has 3 unspecified atom stereocenters. The predicted octanol–water partition coefficient (Wildman–Crippen LogP) is 8.87. The number of aliphatic hydroxyl groups is 3. The van der Waals surface area contributed by atoms with Gasteiger partial charge in [-0.25, -0.2) is 0 Å². The lowest BCUT2D eigenvalue weighted by atomic mass is 10.0. The van der Waals surface area contributed by atoms with E-state index in [1.54, 1.807) is 6.08 Å². The van der Waals surface area contributed by atoms with Gasteiger partial charge in [0.1, 0.15) is 6.10 Å². The number of amides is 1. The van der Waals surface area contributed by atoms with Crippen molar-refractivity contribution in [1.82, 2.24) is 5.32 Å². The summed E-state index contributed by atoms with van der Waals surface area (Å²) in [6, 6.07) is -0.819. The number of carbonyl (C=O) groups is 1. The highest BCUT2D eigenvalue weighted by Gasteiger charge is 2.22. The fourth-order valence-corrected chi connectivity index (χ4v) is 4.96. The molecule has 0 bridgehead atoms. The summed E-state index contributed by atoms with van der Waals surface area (Å²) in [6.07, 6.45) is 37.2. The van der Waals surface area contributed by atoms with Crippen LogP contribution in [0.5, 0.6) is 0 Å². The standard InChI is InChI=1S/C36H67NO4/c1-3-5-7-9-11-13-15-17-19-21-23-25-27-29-31-35(40)36(41)37-33(32-38)34(39)30-28-26-24-22-20-18-16-14-12-10-8-6-4-2/h16,18,20,22,28,30,33-35,38-40H,3-15,17,19,21,23-27,29,31-32H2,1-2H3,(H,37,41). The molecule has 0 saturated carbocycles. The quantitative estimate of drug-likeness (QED) is 0.0390. The van der Waals surface area contributed by atoms with E-state index < -0.39 is 24.2 Å². The van der Waals surface area contributed by atoms with Crippen molar-refractivity contribution in [3.05, 3.63) is 36.5 Å². The zero-order chi connectivity index (χ0) is 30.2. The molecule has 3 atom stereocenters. The summed E-state index contributed by atoms with van der Waals surface area (Å²) in [5, 5.41) is 32.8. The first-order valence-electron chi connectivity index (χ1n) is 17.3. The minimum atomic E-state index is -1.10. The highest BCUT2D eigenvalue weighted by Crippen LogP contribution is 2.14. The molecular formula is C36H67NO4. The molecule has 0 aliphatic heterocycles. The summed E-state index contributed by atoms with van der Waals surface area (Å²) in [6.45, 7) is 4.11. The molecule has 0 aromatic heterocycles. The van der Waals surface area contributed by atoms with Gasteiger partial charge in [0.2, 0.25) is 5.91 Å². The van der Waals surface area contributed by atoms with Crippen molar-refractivity contribution >= 4 is 5.91 Å². The van der Waals surface area contributed by atoms with Crippen molar-refractivity contribution in [3.63, 3.8) is 0 Å². The number of aliphatic hydroxyl groups excluding tert-OH is 3. The first-order chi connectivity index (χ1) is 20.1. The van der Waals surface area contributed by atoms with Crippen LogP contribution >= 0.6 is 0 Å². The number of unbranched alkanes of at least 4 members (excludes halogenated alkanes) is 19. The lowest BCUT2D eigenvalue weighted by molar-refractivity contribution is -0.131. The topological polar surface area (TPSA) is 89.8 Å². The van der Waals surface area contributed by atoms with E-state index in [2.05, 4.69) is 43.5 Å². The minimum absolute atomic E-state index is 0.383. The third-order valence-corrected chi connectivity index (χ3v) is 7.76. The molecular weight excluding hydrogens is 510 g/mol. The van der Waals surface area contributed by atoms with Crippen LogP contribution in [-0.4, -0.2) is 46.1 Å². The molecule has 240 valence electrons. The van der Waals surface area contributed by atoms with Crippen LogP contribution in [0.4, 0.5) is 0 Å². The third-order valence-electron chi connectivity index (χ3n) is 7.76. The molecule has 0 rings (SSSR count). The molecule has 0 spiro atoms. The molecule has 1 amide bonds. The van der Waals surface area contributed by atoms with Gasteiger partial charge in [0, 0.05) is 0 Å². The van der Waals surface area contributed by atoms with Gasteiger partial charge in [0.15, 0.2) is 0 Å². The average Bonchev–Trinajstić information content (AvgIpc) is 2.98. The van der Waals surface area contributed by atoms with E-state index in [4.69, 9.17) is 0 Å². The molecule has 0 heterocycles. The molecule has 0 saturated heterocycles. The Morgan fingerprint density at radius 2 is 1.05 bits per heavy atom. The molecule has 0 aromatic carbocycles. The molecule has 5 nitrogen and oxygen atoms in total. The van der Waals surface area contributed by atoms with Gasteiger partial charge in [-0.1, -0.05) is 166 Å². The lowest BCUT2D eigenvalue weighted by Gasteiger charge is -2.21. The Hall–Kier alpha value is -1.43. The van der Waals surface area contributed by atoms with E-state index in [1.807, 2.05) is 6.08 Å². The highest BCUT2D eigenvalue weighted by molar-refractivity contribution is 5.80. The fourth-order valence-electron chi connectivity index (χ4n) is 4.96. The van der Waals surface area contributed by atoms with Gasteiger partial charge in [-0.3, -0.25) is 4.79 Å². The number of hydrogen-bond donors (Lipinski definition) is 4. The molecule has 41 heavy (non-hydrogen) atoms. The van der Waals surface area contributed by atoms with E-state index in [0.717, 1.165) is 38.5 Å². The zero-order valence-corrected chi connectivity index (χ0v) is 26.9. The summed E-state index contributed by atoms with van der Waals surface area (Å²) in [4.78, 5) is 12.3. The van der Waals surface area contributed by atoms with Gasteiger partial charge in [0.25, 0.3) is 0 Å². The van der Waals surface area contributed by atoms with Crippen LogP contribution < -0.4 is 5.32 Å². The number of allylic oxidation sites excluding steroid dienone is 5. The second-order valence-electron chi connectivity index (χ2n) is 11.8. The van der Waals surface area contributed by atoms with E-state index in [-0.39, 0.29) is 6.61 Å². The Kier molecular flexibility index (Phi) is 30.4. The van der Waals surface area contributed by atoms with Crippen molar-refractivity contribution in [2.24, 2.45) is 0 Å². The van der Waals surface area contributed by atoms with Gasteiger partial charge >= 0.3 is 0 Å². The fraction of sp³-hybridized carbons (Fsp3) is 0.806. The van der Waals surface area contributed by atoms with Crippen molar-refractivity contribution in [2.75, 3.05) is 6.61 Å². The van der Waals surface area contributed by atoms with E-state index in [1.165, 1.54) is 103 Å². The average molecular weight is 578 g/mol. The third kappa shape index (κ3) is 27.2. The summed E-state index contributed by atoms with van der Waals surface area (Å²) >= 11 is 0. The minimum Gasteiger partial charge on any atom is -0.394 e. The van der Waals surface area contributed by atoms with Crippen LogP contribution in [-0.2, 0) is 4.79 Å². The zero-order valence-electron chi connectivity index (χ0n) is 26.9. The van der Waals surface area contributed by atoms with E-state index in [0.29, 0.717) is 6.42 Å². The summed E-state index contributed by atoms with van der Waals surface area (Å²) in [5.41, 5.74) is 0. The second-order valence-corrected chi connectivity index (χ2v) is 11.8. The highest BCUT2D eigenvalue weighted by atomic mass is 16.3. The molecule has 0 radical (unpaired) electrons. The van der Waals surface area contributed by atoms with Crippen LogP contribution in [0.3, 0.4) is 0 Å². The number of carbonyl (C=O) groups excluding carboxylic acids is 1. The van der Waals surface area contributed by atoms with Crippen LogP contribution in [0, 0.1) is 0 Å². The molecule has 0 aromatic rings. The van der Waals surface area contributed by atoms with E-state index in [9.17, 15) is 20.1 Å². The molecule has 0 aliphatic rings. The summed E-state index contributed by atoms with van der Waals surface area (Å²) < 4.78 is 0. The van der Waals surface area contributed by atoms with Gasteiger partial charge in [-0.05, 0) is 32.1 Å². The Balaban J connectivity index is 3.85. The number of hydrogen-bond acceptors (Lipinski definition) is 4. The predicted molar refractivity (Wildman–Crippen MR) is 176 cm³/mol. The molecule has 4 N–H and O–H groups in total. The Bertz CT molecular complexity index is 645. The maximum absolute atomic E-state index is 12.3. The smallest absolute Gasteiger partial charge is 0.249 e. The van der Waals surface area contributed by atoms with Crippen LogP contribution in [0.1, 0.15) is 162 Å². The van der Waals surface area contributed by atoms with Crippen molar-refractivity contribution in [2.45, 2.75) is 180 Å². The number of nitrogens with one attached hydrogen (secondary N) is 1. The molecule has 0 fully saturated rings. The van der Waals surface area contributed by atoms with E-state index >= 15 is 0 Å². The monoisotopic (exact) mass is 578 g/mol. The number of rotatable bonds is 30. The summed E-state index contributed by atoms with van der Waals surface area (Å²) in [7, 11) is 0. The summed E-state index contributed by atoms with van der Waals surface area (Å²) in [5.74, 6) is -0.522. The van der Waals surface area contributed by atoms with Crippen LogP contribution in [0.25, 0.3) is 0 Å². The van der Waals surface area contributed by atoms with Crippen LogP contribution in [0.15, 0.2) is 36.5 Å².